The summed E-state index contributed by atoms with van der Waals surface area (Å²) in [7, 11) is 0. The van der Waals surface area contributed by atoms with Crippen LogP contribution in [0.1, 0.15) is 5.56 Å². The minimum atomic E-state index is -0.899. The topological polar surface area (TPSA) is 84.2 Å². The van der Waals surface area contributed by atoms with E-state index in [-0.39, 0.29) is 0 Å². The van der Waals surface area contributed by atoms with Crippen molar-refractivity contribution in [2.75, 3.05) is 5.32 Å². The van der Waals surface area contributed by atoms with Crippen LogP contribution in [-0.2, 0) is 9.59 Å². The first kappa shape index (κ1) is 11.5. The molecule has 0 unspecified atom stereocenters. The minimum Gasteiger partial charge on any atom is -0.317 e. The van der Waals surface area contributed by atoms with Crippen LogP contribution in [-0.4, -0.2) is 11.8 Å². The van der Waals surface area contributed by atoms with Crippen molar-refractivity contribution in [3.8, 4) is 0 Å². The molecule has 0 aliphatic rings. The van der Waals surface area contributed by atoms with Crippen LogP contribution in [0, 0.1) is 6.92 Å². The van der Waals surface area contributed by atoms with Gasteiger partial charge in [-0.3, -0.25) is 15.0 Å². The van der Waals surface area contributed by atoms with Crippen LogP contribution < -0.4 is 16.6 Å². The monoisotopic (exact) mass is 227 g/mol. The number of hydrogen-bond acceptors (Lipinski definition) is 3. The molecule has 0 bridgehead atoms. The first-order chi connectivity index (χ1) is 7.04. The van der Waals surface area contributed by atoms with Crippen LogP contribution in [0.5, 0.6) is 0 Å². The Morgan fingerprint density at radius 3 is 2.53 bits per heavy atom. The second-order valence-corrected chi connectivity index (χ2v) is 3.32. The number of amides is 2. The molecule has 0 heterocycles. The van der Waals surface area contributed by atoms with E-state index in [0.717, 1.165) is 5.56 Å². The lowest BCUT2D eigenvalue weighted by Crippen LogP contribution is -2.39. The van der Waals surface area contributed by atoms with Gasteiger partial charge in [-0.1, -0.05) is 11.6 Å². The fraction of sp³-hybridized carbons (Fsp3) is 0.111. The van der Waals surface area contributed by atoms with Gasteiger partial charge in [0.25, 0.3) is 0 Å². The number of carbonyl (C=O) groups excluding carboxylic acids is 2. The number of nitrogens with two attached hydrogens (primary N) is 1. The zero-order valence-corrected chi connectivity index (χ0v) is 8.76. The molecule has 0 aliphatic heterocycles. The number of carbonyl (C=O) groups is 2. The van der Waals surface area contributed by atoms with Crippen molar-refractivity contribution in [1.82, 2.24) is 5.43 Å². The highest BCUT2D eigenvalue weighted by atomic mass is 35.5. The lowest BCUT2D eigenvalue weighted by molar-refractivity contribution is -0.136. The molecular formula is C9H10ClN3O2. The molecule has 80 valence electrons. The highest BCUT2D eigenvalue weighted by Gasteiger charge is 2.12. The lowest BCUT2D eigenvalue weighted by atomic mass is 10.2. The molecule has 15 heavy (non-hydrogen) atoms. The van der Waals surface area contributed by atoms with Crippen molar-refractivity contribution in [2.45, 2.75) is 6.92 Å². The summed E-state index contributed by atoms with van der Waals surface area (Å²) >= 11 is 5.73. The summed E-state index contributed by atoms with van der Waals surface area (Å²) in [6.45, 7) is 1.77. The van der Waals surface area contributed by atoms with E-state index in [1.807, 2.05) is 0 Å². The first-order valence-corrected chi connectivity index (χ1v) is 4.50. The molecule has 0 fully saturated rings. The largest absolute Gasteiger partial charge is 0.323 e. The van der Waals surface area contributed by atoms with Gasteiger partial charge in [0.2, 0.25) is 0 Å². The van der Waals surface area contributed by atoms with Crippen molar-refractivity contribution in [3.05, 3.63) is 28.8 Å². The second-order valence-electron chi connectivity index (χ2n) is 2.89. The number of hydrogen-bond donors (Lipinski definition) is 3. The van der Waals surface area contributed by atoms with Crippen molar-refractivity contribution < 1.29 is 9.59 Å². The molecule has 2 amide bonds. The number of rotatable bonds is 1. The maximum Gasteiger partial charge on any atom is 0.323 e. The summed E-state index contributed by atoms with van der Waals surface area (Å²) < 4.78 is 0. The third-order valence-electron chi connectivity index (χ3n) is 1.77. The molecule has 0 saturated carbocycles. The van der Waals surface area contributed by atoms with Crippen molar-refractivity contribution in [2.24, 2.45) is 5.84 Å². The zero-order valence-electron chi connectivity index (χ0n) is 8.00. The van der Waals surface area contributed by atoms with Crippen LogP contribution in [0.2, 0.25) is 5.02 Å². The number of aryl methyl sites for hydroxylation is 1. The summed E-state index contributed by atoms with van der Waals surface area (Å²) in [6.07, 6.45) is 0. The molecule has 0 atom stereocenters. The lowest BCUT2D eigenvalue weighted by Gasteiger charge is -2.07. The number of halogens is 1. The Morgan fingerprint density at radius 2 is 2.00 bits per heavy atom. The Hall–Kier alpha value is -1.59. The molecular weight excluding hydrogens is 218 g/mol. The minimum absolute atomic E-state index is 0.521. The maximum absolute atomic E-state index is 11.1. The normalized spacial score (nSPS) is 9.53. The van der Waals surface area contributed by atoms with E-state index in [1.54, 1.807) is 30.5 Å². The highest BCUT2D eigenvalue weighted by Crippen LogP contribution is 2.19. The van der Waals surface area contributed by atoms with Crippen LogP contribution in [0.4, 0.5) is 5.69 Å². The Bertz CT molecular complexity index is 406. The highest BCUT2D eigenvalue weighted by molar-refractivity contribution is 6.39. The summed E-state index contributed by atoms with van der Waals surface area (Å²) in [6, 6.07) is 4.90. The fourth-order valence-electron chi connectivity index (χ4n) is 1.01. The summed E-state index contributed by atoms with van der Waals surface area (Å²) in [5.41, 5.74) is 3.02. The number of nitrogens with one attached hydrogen (secondary N) is 2. The zero-order chi connectivity index (χ0) is 11.4. The second kappa shape index (κ2) is 4.77. The quantitative estimate of drug-likeness (QED) is 0.284. The number of anilines is 1. The van der Waals surface area contributed by atoms with Gasteiger partial charge in [0.05, 0.1) is 0 Å². The van der Waals surface area contributed by atoms with Gasteiger partial charge in [0.15, 0.2) is 0 Å². The molecule has 1 aromatic rings. The van der Waals surface area contributed by atoms with E-state index in [4.69, 9.17) is 17.4 Å². The van der Waals surface area contributed by atoms with Crippen molar-refractivity contribution in [3.63, 3.8) is 0 Å². The SMILES string of the molecule is Cc1cc(Cl)ccc1NC(=O)C(=O)NN. The van der Waals surface area contributed by atoms with E-state index in [9.17, 15) is 9.59 Å². The Kier molecular flexibility index (Phi) is 3.65. The van der Waals surface area contributed by atoms with Gasteiger partial charge in [-0.2, -0.15) is 0 Å². The van der Waals surface area contributed by atoms with Crippen molar-refractivity contribution in [1.29, 1.82) is 0 Å². The third-order valence-corrected chi connectivity index (χ3v) is 2.01. The van der Waals surface area contributed by atoms with Crippen LogP contribution in [0.15, 0.2) is 18.2 Å². The van der Waals surface area contributed by atoms with Gasteiger partial charge < -0.3 is 5.32 Å². The fourth-order valence-corrected chi connectivity index (χ4v) is 1.24. The Balaban J connectivity index is 2.81. The molecule has 4 N–H and O–H groups in total. The van der Waals surface area contributed by atoms with E-state index < -0.39 is 11.8 Å². The summed E-state index contributed by atoms with van der Waals surface area (Å²) in [5, 5.41) is 2.96. The average Bonchev–Trinajstić information content (AvgIpc) is 2.20. The predicted octanol–water partition coefficient (Wildman–Crippen LogP) is 0.577. The molecule has 1 aromatic carbocycles. The standard InChI is InChI=1S/C9H10ClN3O2/c1-5-4-6(10)2-3-7(5)12-8(14)9(15)13-11/h2-4H,11H2,1H3,(H,12,14)(H,13,15). The smallest absolute Gasteiger partial charge is 0.317 e. The maximum atomic E-state index is 11.1. The van der Waals surface area contributed by atoms with Gasteiger partial charge in [-0.15, -0.1) is 0 Å². The van der Waals surface area contributed by atoms with Gasteiger partial charge in [0.1, 0.15) is 0 Å². The molecule has 0 radical (unpaired) electrons. The third kappa shape index (κ3) is 2.93. The van der Waals surface area contributed by atoms with E-state index >= 15 is 0 Å². The average molecular weight is 228 g/mol. The summed E-state index contributed by atoms with van der Waals surface area (Å²) in [4.78, 5) is 22.0. The predicted molar refractivity (Wildman–Crippen MR) is 57.1 cm³/mol. The van der Waals surface area contributed by atoms with Gasteiger partial charge >= 0.3 is 11.8 Å². The summed E-state index contributed by atoms with van der Waals surface area (Å²) in [5.74, 6) is 3.09. The Morgan fingerprint density at radius 1 is 1.33 bits per heavy atom. The van der Waals surface area contributed by atoms with Gasteiger partial charge in [-0.25, -0.2) is 5.84 Å². The molecule has 6 heteroatoms. The molecule has 1 rings (SSSR count). The van der Waals surface area contributed by atoms with Crippen LogP contribution in [0.3, 0.4) is 0 Å². The van der Waals surface area contributed by atoms with E-state index in [2.05, 4.69) is 5.32 Å². The Labute approximate surface area is 91.6 Å². The first-order valence-electron chi connectivity index (χ1n) is 4.12. The van der Waals surface area contributed by atoms with Crippen LogP contribution >= 0.6 is 11.6 Å². The number of benzene rings is 1. The molecule has 0 spiro atoms. The van der Waals surface area contributed by atoms with Gasteiger partial charge in [-0.05, 0) is 30.7 Å². The van der Waals surface area contributed by atoms with E-state index in [1.165, 1.54) is 0 Å². The van der Waals surface area contributed by atoms with E-state index in [0.29, 0.717) is 10.7 Å². The molecule has 5 nitrogen and oxygen atoms in total. The molecule has 0 saturated heterocycles. The molecule has 0 aliphatic carbocycles. The van der Waals surface area contributed by atoms with Crippen LogP contribution in [0.25, 0.3) is 0 Å². The van der Waals surface area contributed by atoms with Gasteiger partial charge in [0, 0.05) is 10.7 Å². The van der Waals surface area contributed by atoms with Crippen molar-refractivity contribution >= 4 is 29.1 Å². The molecule has 0 aromatic heterocycles. The number of hydrazine groups is 1.